The Balaban J connectivity index is 2.12. The predicted molar refractivity (Wildman–Crippen MR) is 110 cm³/mol. The van der Waals surface area contributed by atoms with Crippen molar-refractivity contribution in [2.45, 2.75) is 29.5 Å². The highest BCUT2D eigenvalue weighted by Gasteiger charge is 2.48. The summed E-state index contributed by atoms with van der Waals surface area (Å²) in [5, 5.41) is 19.6. The maximum Gasteiger partial charge on any atom is 0.405 e. The summed E-state index contributed by atoms with van der Waals surface area (Å²) in [7, 11) is -3.99. The Morgan fingerprint density at radius 2 is 1.97 bits per heavy atom. The largest absolute Gasteiger partial charge is 0.481 e. The Hall–Kier alpha value is -2.46. The number of hydroxylamine groups is 1. The standard InChI is InChI=1S/C18H23N3O7S2/c1-18(2)15(16(22)20-25)21(10-12-29-18)30(26,27)14-7-5-13(6-8-14)28-11-4-3-9-19-17(23)24/h5-8,15,19,25H,9-12H2,1-2H3,(H,20,22)(H,23,24). The molecule has 10 nitrogen and oxygen atoms in total. The molecule has 1 aromatic carbocycles. The molecule has 1 aromatic rings. The Kier molecular flexibility index (Phi) is 7.96. The lowest BCUT2D eigenvalue weighted by Gasteiger charge is -2.43. The maximum absolute atomic E-state index is 13.1. The molecule has 0 aliphatic carbocycles. The van der Waals surface area contributed by atoms with Gasteiger partial charge in [0.1, 0.15) is 18.4 Å². The lowest BCUT2D eigenvalue weighted by molar-refractivity contribution is -0.134. The average Bonchev–Trinajstić information content (AvgIpc) is 2.69. The number of amides is 2. The van der Waals surface area contributed by atoms with Gasteiger partial charge in [0.25, 0.3) is 5.91 Å². The minimum absolute atomic E-state index is 0.00365. The van der Waals surface area contributed by atoms with Crippen LogP contribution in [0, 0.1) is 11.8 Å². The fourth-order valence-electron chi connectivity index (χ4n) is 2.92. The monoisotopic (exact) mass is 457 g/mol. The van der Waals surface area contributed by atoms with E-state index in [1.165, 1.54) is 36.0 Å². The molecule has 2 amide bonds. The molecule has 1 atom stereocenters. The summed E-state index contributed by atoms with van der Waals surface area (Å²) in [6.07, 6.45) is -1.17. The summed E-state index contributed by atoms with van der Waals surface area (Å²) in [6.45, 7) is 3.62. The molecule has 2 rings (SSSR count). The van der Waals surface area contributed by atoms with Crippen LogP contribution >= 0.6 is 11.8 Å². The highest BCUT2D eigenvalue weighted by Crippen LogP contribution is 2.38. The number of nitrogens with zero attached hydrogens (tertiary/aromatic N) is 1. The van der Waals surface area contributed by atoms with Crippen LogP contribution in [0.2, 0.25) is 0 Å². The highest BCUT2D eigenvalue weighted by atomic mass is 32.2. The van der Waals surface area contributed by atoms with Crippen molar-refractivity contribution in [3.63, 3.8) is 0 Å². The van der Waals surface area contributed by atoms with Crippen molar-refractivity contribution < 1.29 is 33.1 Å². The smallest absolute Gasteiger partial charge is 0.405 e. The molecular weight excluding hydrogens is 434 g/mol. The molecule has 0 radical (unpaired) electrons. The Morgan fingerprint density at radius 1 is 1.30 bits per heavy atom. The van der Waals surface area contributed by atoms with Gasteiger partial charge in [-0.2, -0.15) is 16.1 Å². The van der Waals surface area contributed by atoms with E-state index >= 15 is 0 Å². The average molecular weight is 458 g/mol. The second-order valence-corrected chi connectivity index (χ2v) is 10.4. The van der Waals surface area contributed by atoms with Crippen LogP contribution in [0.3, 0.4) is 0 Å². The number of carbonyl (C=O) groups is 2. The number of benzene rings is 1. The minimum atomic E-state index is -3.99. The van der Waals surface area contributed by atoms with Gasteiger partial charge in [0.2, 0.25) is 10.0 Å². The number of nitrogens with one attached hydrogen (secondary N) is 2. The fourth-order valence-corrected chi connectivity index (χ4v) is 6.02. The number of ether oxygens (including phenoxy) is 1. The van der Waals surface area contributed by atoms with Crippen molar-refractivity contribution in [3.05, 3.63) is 24.3 Å². The molecule has 1 heterocycles. The summed E-state index contributed by atoms with van der Waals surface area (Å²) < 4.78 is 32.0. The summed E-state index contributed by atoms with van der Waals surface area (Å²) in [5.74, 6) is 5.30. The van der Waals surface area contributed by atoms with Crippen LogP contribution in [0.15, 0.2) is 29.2 Å². The third-order valence-electron chi connectivity index (χ3n) is 4.29. The molecule has 1 unspecified atom stereocenters. The van der Waals surface area contributed by atoms with Gasteiger partial charge in [0, 0.05) is 17.0 Å². The van der Waals surface area contributed by atoms with Gasteiger partial charge in [-0.05, 0) is 38.1 Å². The SMILES string of the molecule is CC1(C)SCCN(S(=O)(=O)c2ccc(OCC#CCNC(=O)O)cc2)C1C(=O)NO. The van der Waals surface area contributed by atoms with Gasteiger partial charge >= 0.3 is 6.09 Å². The lowest BCUT2D eigenvalue weighted by atomic mass is 10.0. The lowest BCUT2D eigenvalue weighted by Crippen LogP contribution is -2.61. The number of thioether (sulfide) groups is 1. The van der Waals surface area contributed by atoms with Crippen LogP contribution in [0.25, 0.3) is 0 Å². The first-order valence-corrected chi connectivity index (χ1v) is 11.3. The van der Waals surface area contributed by atoms with Gasteiger partial charge < -0.3 is 15.2 Å². The maximum atomic E-state index is 13.1. The topological polar surface area (TPSA) is 145 Å². The zero-order valence-corrected chi connectivity index (χ0v) is 18.0. The first-order valence-electron chi connectivity index (χ1n) is 8.84. The molecule has 164 valence electrons. The van der Waals surface area contributed by atoms with Crippen LogP contribution in [0.4, 0.5) is 4.79 Å². The summed E-state index contributed by atoms with van der Waals surface area (Å²) in [6, 6.07) is 4.60. The fraction of sp³-hybridized carbons (Fsp3) is 0.444. The second kappa shape index (κ2) is 10.0. The van der Waals surface area contributed by atoms with Crippen molar-refractivity contribution in [3.8, 4) is 17.6 Å². The molecule has 1 aliphatic heterocycles. The molecule has 12 heteroatoms. The number of hydrogen-bond donors (Lipinski definition) is 4. The van der Waals surface area contributed by atoms with E-state index in [1.54, 1.807) is 19.3 Å². The zero-order valence-electron chi connectivity index (χ0n) is 16.4. The molecule has 1 aliphatic rings. The first kappa shape index (κ1) is 23.8. The van der Waals surface area contributed by atoms with E-state index in [9.17, 15) is 18.0 Å². The molecule has 1 saturated heterocycles. The molecule has 0 spiro atoms. The zero-order chi connectivity index (χ0) is 22.4. The van der Waals surface area contributed by atoms with Gasteiger partial charge in [-0.1, -0.05) is 11.8 Å². The van der Waals surface area contributed by atoms with Gasteiger partial charge in [-0.15, -0.1) is 0 Å². The van der Waals surface area contributed by atoms with E-state index in [4.69, 9.17) is 15.1 Å². The summed E-state index contributed by atoms with van der Waals surface area (Å²) >= 11 is 1.46. The van der Waals surface area contributed by atoms with Crippen molar-refractivity contribution >= 4 is 33.8 Å². The second-order valence-electron chi connectivity index (χ2n) is 6.72. The Bertz CT molecular complexity index is 937. The molecule has 0 bridgehead atoms. The number of hydrogen-bond acceptors (Lipinski definition) is 7. The van der Waals surface area contributed by atoms with Crippen LogP contribution in [0.5, 0.6) is 5.75 Å². The van der Waals surface area contributed by atoms with E-state index in [1.807, 2.05) is 0 Å². The molecule has 4 N–H and O–H groups in total. The van der Waals surface area contributed by atoms with E-state index < -0.39 is 32.8 Å². The van der Waals surface area contributed by atoms with Crippen LogP contribution in [-0.4, -0.2) is 71.3 Å². The highest BCUT2D eigenvalue weighted by molar-refractivity contribution is 8.00. The van der Waals surface area contributed by atoms with Gasteiger partial charge in [0.15, 0.2) is 0 Å². The number of sulfonamides is 1. The third kappa shape index (κ3) is 5.79. The van der Waals surface area contributed by atoms with Crippen molar-refractivity contribution in [1.82, 2.24) is 15.1 Å². The Morgan fingerprint density at radius 3 is 2.57 bits per heavy atom. The first-order chi connectivity index (χ1) is 14.1. The van der Waals surface area contributed by atoms with Gasteiger partial charge in [-0.25, -0.2) is 18.7 Å². The molecule has 0 saturated carbocycles. The van der Waals surface area contributed by atoms with Gasteiger partial charge in [-0.3, -0.25) is 10.0 Å². The van der Waals surface area contributed by atoms with E-state index in [-0.39, 0.29) is 24.6 Å². The van der Waals surface area contributed by atoms with E-state index in [0.717, 1.165) is 4.31 Å². The van der Waals surface area contributed by atoms with E-state index in [0.29, 0.717) is 11.5 Å². The van der Waals surface area contributed by atoms with Gasteiger partial charge in [0.05, 0.1) is 11.4 Å². The summed E-state index contributed by atoms with van der Waals surface area (Å²) in [5.41, 5.74) is 1.57. The van der Waals surface area contributed by atoms with Crippen LogP contribution < -0.4 is 15.5 Å². The predicted octanol–water partition coefficient (Wildman–Crippen LogP) is 0.727. The van der Waals surface area contributed by atoms with Crippen LogP contribution in [0.1, 0.15) is 13.8 Å². The van der Waals surface area contributed by atoms with Crippen molar-refractivity contribution in [2.24, 2.45) is 0 Å². The molecule has 0 aromatic heterocycles. The minimum Gasteiger partial charge on any atom is -0.481 e. The quantitative estimate of drug-likeness (QED) is 0.278. The van der Waals surface area contributed by atoms with Crippen molar-refractivity contribution in [1.29, 1.82) is 0 Å². The molecule has 30 heavy (non-hydrogen) atoms. The number of carboxylic acid groups (broad SMARTS) is 1. The van der Waals surface area contributed by atoms with E-state index in [2.05, 4.69) is 17.2 Å². The Labute approximate surface area is 179 Å². The third-order valence-corrected chi connectivity index (χ3v) is 7.52. The van der Waals surface area contributed by atoms with Crippen molar-refractivity contribution in [2.75, 3.05) is 25.4 Å². The number of rotatable bonds is 6. The number of carbonyl (C=O) groups excluding carboxylic acids is 1. The summed E-state index contributed by atoms with van der Waals surface area (Å²) in [4.78, 5) is 22.5. The molecular formula is C18H23N3O7S2. The normalized spacial score (nSPS) is 18.6. The molecule has 1 fully saturated rings. The van der Waals surface area contributed by atoms with Crippen LogP contribution in [-0.2, 0) is 14.8 Å².